The highest BCUT2D eigenvalue weighted by Gasteiger charge is 2.29. The van der Waals surface area contributed by atoms with Crippen molar-refractivity contribution < 1.29 is 9.90 Å². The first-order valence-corrected chi connectivity index (χ1v) is 4.91. The molecule has 3 nitrogen and oxygen atoms in total. The lowest BCUT2D eigenvalue weighted by Gasteiger charge is -2.26. The number of carboxylic acids is 1. The number of carboxylic acid groups (broad SMARTS) is 1. The molecule has 0 aliphatic carbocycles. The van der Waals surface area contributed by atoms with Gasteiger partial charge in [0.05, 0.1) is 5.92 Å². The molecule has 0 radical (unpaired) electrons. The standard InChI is InChI=1S/C7H13NO2S/c8-3-5-1-2-11-4-6(5)7(9)10/h5-6H,1-4,8H2,(H,9,10)/t5-,6-/m1/s1. The van der Waals surface area contributed by atoms with Crippen LogP contribution >= 0.6 is 11.8 Å². The number of rotatable bonds is 2. The Balaban J connectivity index is 2.51. The topological polar surface area (TPSA) is 63.3 Å². The second-order valence-electron chi connectivity index (χ2n) is 2.80. The summed E-state index contributed by atoms with van der Waals surface area (Å²) in [5, 5.41) is 8.77. The van der Waals surface area contributed by atoms with E-state index in [2.05, 4.69) is 0 Å². The van der Waals surface area contributed by atoms with E-state index in [1.807, 2.05) is 0 Å². The first kappa shape index (κ1) is 8.87. The molecule has 3 N–H and O–H groups in total. The van der Waals surface area contributed by atoms with Crippen LogP contribution in [0.2, 0.25) is 0 Å². The summed E-state index contributed by atoms with van der Waals surface area (Å²) in [6.07, 6.45) is 0.956. The Hall–Kier alpha value is -0.220. The molecule has 1 fully saturated rings. The van der Waals surface area contributed by atoms with Gasteiger partial charge in [-0.1, -0.05) is 0 Å². The van der Waals surface area contributed by atoms with E-state index in [0.717, 1.165) is 17.9 Å². The maximum Gasteiger partial charge on any atom is 0.307 e. The fourth-order valence-electron chi connectivity index (χ4n) is 1.34. The van der Waals surface area contributed by atoms with Gasteiger partial charge in [0.15, 0.2) is 0 Å². The molecule has 0 amide bonds. The lowest BCUT2D eigenvalue weighted by atomic mass is 9.91. The zero-order valence-corrected chi connectivity index (χ0v) is 7.14. The van der Waals surface area contributed by atoms with Crippen LogP contribution in [0.4, 0.5) is 0 Å². The summed E-state index contributed by atoms with van der Waals surface area (Å²) < 4.78 is 0. The highest BCUT2D eigenvalue weighted by molar-refractivity contribution is 7.99. The van der Waals surface area contributed by atoms with Crippen molar-refractivity contribution in [2.24, 2.45) is 17.6 Å². The van der Waals surface area contributed by atoms with E-state index < -0.39 is 5.97 Å². The zero-order valence-electron chi connectivity index (χ0n) is 6.32. The summed E-state index contributed by atoms with van der Waals surface area (Å²) in [5.74, 6) is 1.10. The Morgan fingerprint density at radius 2 is 2.45 bits per heavy atom. The number of hydrogen-bond donors (Lipinski definition) is 2. The first-order valence-electron chi connectivity index (χ1n) is 3.76. The molecule has 1 saturated heterocycles. The summed E-state index contributed by atoms with van der Waals surface area (Å²) in [6, 6.07) is 0. The highest BCUT2D eigenvalue weighted by atomic mass is 32.2. The van der Waals surface area contributed by atoms with E-state index in [0.29, 0.717) is 6.54 Å². The fraction of sp³-hybridized carbons (Fsp3) is 0.857. The molecule has 1 rings (SSSR count). The van der Waals surface area contributed by atoms with Crippen LogP contribution < -0.4 is 5.73 Å². The molecule has 0 aromatic carbocycles. The third-order valence-electron chi connectivity index (χ3n) is 2.12. The Morgan fingerprint density at radius 1 is 1.73 bits per heavy atom. The predicted octanol–water partition coefficient (Wildman–Crippen LogP) is 0.399. The van der Waals surface area contributed by atoms with Gasteiger partial charge in [0, 0.05) is 5.75 Å². The van der Waals surface area contributed by atoms with Gasteiger partial charge in [-0.15, -0.1) is 0 Å². The number of nitrogens with two attached hydrogens (primary N) is 1. The third-order valence-corrected chi connectivity index (χ3v) is 3.24. The van der Waals surface area contributed by atoms with Crippen LogP contribution in [0.5, 0.6) is 0 Å². The fourth-order valence-corrected chi connectivity index (χ4v) is 2.64. The Morgan fingerprint density at radius 3 is 2.91 bits per heavy atom. The van der Waals surface area contributed by atoms with Gasteiger partial charge < -0.3 is 10.8 Å². The summed E-state index contributed by atoms with van der Waals surface area (Å²) >= 11 is 1.71. The van der Waals surface area contributed by atoms with E-state index in [1.54, 1.807) is 11.8 Å². The van der Waals surface area contributed by atoms with Gasteiger partial charge in [-0.3, -0.25) is 4.79 Å². The van der Waals surface area contributed by atoms with E-state index in [9.17, 15) is 4.79 Å². The Bertz CT molecular complexity index is 151. The van der Waals surface area contributed by atoms with Crippen molar-refractivity contribution in [1.82, 2.24) is 0 Å². The van der Waals surface area contributed by atoms with Crippen LogP contribution in [-0.4, -0.2) is 29.1 Å². The summed E-state index contributed by atoms with van der Waals surface area (Å²) in [6.45, 7) is 0.511. The maximum atomic E-state index is 10.7. The molecule has 2 atom stereocenters. The maximum absolute atomic E-state index is 10.7. The van der Waals surface area contributed by atoms with Gasteiger partial charge in [0.25, 0.3) is 0 Å². The van der Waals surface area contributed by atoms with Crippen molar-refractivity contribution in [3.63, 3.8) is 0 Å². The monoisotopic (exact) mass is 175 g/mol. The molecule has 0 unspecified atom stereocenters. The van der Waals surface area contributed by atoms with Gasteiger partial charge in [-0.05, 0) is 24.6 Å². The molecule has 1 heterocycles. The van der Waals surface area contributed by atoms with Crippen LogP contribution in [0.15, 0.2) is 0 Å². The van der Waals surface area contributed by atoms with Crippen molar-refractivity contribution in [2.75, 3.05) is 18.1 Å². The van der Waals surface area contributed by atoms with Gasteiger partial charge in [0.2, 0.25) is 0 Å². The molecule has 0 saturated carbocycles. The lowest BCUT2D eigenvalue weighted by Crippen LogP contribution is -2.34. The Labute approximate surface area is 70.3 Å². The molecule has 0 spiro atoms. The number of carbonyl (C=O) groups is 1. The van der Waals surface area contributed by atoms with Crippen LogP contribution in [0.3, 0.4) is 0 Å². The Kier molecular flexibility index (Phi) is 3.20. The molecular formula is C7H13NO2S. The second kappa shape index (κ2) is 3.97. The SMILES string of the molecule is NC[C@H]1CCSC[C@H]1C(=O)O. The molecule has 1 aliphatic heterocycles. The second-order valence-corrected chi connectivity index (χ2v) is 3.95. The average Bonchev–Trinajstić information content (AvgIpc) is 2.04. The van der Waals surface area contributed by atoms with E-state index in [-0.39, 0.29) is 11.8 Å². The molecule has 0 aromatic heterocycles. The number of thioether (sulfide) groups is 1. The van der Waals surface area contributed by atoms with Crippen molar-refractivity contribution in [2.45, 2.75) is 6.42 Å². The zero-order chi connectivity index (χ0) is 8.27. The van der Waals surface area contributed by atoms with Crippen molar-refractivity contribution in [3.8, 4) is 0 Å². The van der Waals surface area contributed by atoms with Crippen LogP contribution in [0.1, 0.15) is 6.42 Å². The van der Waals surface area contributed by atoms with Crippen LogP contribution in [-0.2, 0) is 4.79 Å². The minimum Gasteiger partial charge on any atom is -0.481 e. The normalized spacial score (nSPS) is 31.7. The van der Waals surface area contributed by atoms with Crippen molar-refractivity contribution in [3.05, 3.63) is 0 Å². The lowest BCUT2D eigenvalue weighted by molar-refractivity contribution is -0.142. The van der Waals surface area contributed by atoms with Crippen molar-refractivity contribution in [1.29, 1.82) is 0 Å². The largest absolute Gasteiger partial charge is 0.481 e. The van der Waals surface area contributed by atoms with Gasteiger partial charge in [0.1, 0.15) is 0 Å². The van der Waals surface area contributed by atoms with E-state index >= 15 is 0 Å². The van der Waals surface area contributed by atoms with Crippen molar-refractivity contribution >= 4 is 17.7 Å². The smallest absolute Gasteiger partial charge is 0.307 e. The molecule has 0 bridgehead atoms. The molecule has 1 aliphatic rings. The van der Waals surface area contributed by atoms with Gasteiger partial charge >= 0.3 is 5.97 Å². The van der Waals surface area contributed by atoms with Crippen LogP contribution in [0.25, 0.3) is 0 Å². The molecule has 11 heavy (non-hydrogen) atoms. The predicted molar refractivity (Wildman–Crippen MR) is 45.6 cm³/mol. The summed E-state index contributed by atoms with van der Waals surface area (Å²) in [5.41, 5.74) is 5.46. The van der Waals surface area contributed by atoms with Gasteiger partial charge in [-0.2, -0.15) is 11.8 Å². The van der Waals surface area contributed by atoms with E-state index in [1.165, 1.54) is 0 Å². The molecule has 64 valence electrons. The first-order chi connectivity index (χ1) is 5.25. The minimum atomic E-state index is -0.687. The minimum absolute atomic E-state index is 0.203. The number of aliphatic carboxylic acids is 1. The summed E-state index contributed by atoms with van der Waals surface area (Å²) in [7, 11) is 0. The third kappa shape index (κ3) is 2.10. The average molecular weight is 175 g/mol. The molecular weight excluding hydrogens is 162 g/mol. The quantitative estimate of drug-likeness (QED) is 0.637. The van der Waals surface area contributed by atoms with Gasteiger partial charge in [-0.25, -0.2) is 0 Å². The van der Waals surface area contributed by atoms with Crippen LogP contribution in [0, 0.1) is 11.8 Å². The number of hydrogen-bond acceptors (Lipinski definition) is 3. The molecule has 0 aromatic rings. The summed E-state index contributed by atoms with van der Waals surface area (Å²) in [4.78, 5) is 10.7. The molecule has 4 heteroatoms. The highest BCUT2D eigenvalue weighted by Crippen LogP contribution is 2.27. The van der Waals surface area contributed by atoms with E-state index in [4.69, 9.17) is 10.8 Å².